The second-order valence-corrected chi connectivity index (χ2v) is 11.5. The highest BCUT2D eigenvalue weighted by Gasteiger charge is 2.44. The minimum atomic E-state index is -0.804. The molecule has 1 aromatic carbocycles. The highest BCUT2D eigenvalue weighted by atomic mass is 32.1. The molecule has 4 atom stereocenters. The van der Waals surface area contributed by atoms with E-state index in [4.69, 9.17) is 0 Å². The molecule has 9 heteroatoms. The van der Waals surface area contributed by atoms with Crippen LogP contribution in [0.25, 0.3) is 10.4 Å². The lowest BCUT2D eigenvalue weighted by Gasteiger charge is -2.35. The second kappa shape index (κ2) is 11.5. The number of hydrogen-bond donors (Lipinski definition) is 3. The standard InChI is InChI=1S/C27H38N4O4S/c1-7-8-22(33)30-24(27(4,5)6)26(35)31-14-20(32)13-21(31)25(34)29-16(2)18-9-11-19(12-10-18)23-17(3)28-15-36-23/h9-12,15-16,20-21,24,32H,7-8,13-14H2,1-6H3,(H,29,34)(H,30,33). The van der Waals surface area contributed by atoms with Gasteiger partial charge in [-0.05, 0) is 36.8 Å². The molecule has 3 amide bonds. The average Bonchev–Trinajstić information content (AvgIpc) is 3.42. The van der Waals surface area contributed by atoms with Crippen molar-refractivity contribution >= 4 is 29.1 Å². The van der Waals surface area contributed by atoms with Crippen molar-refractivity contribution in [3.63, 3.8) is 0 Å². The van der Waals surface area contributed by atoms with Gasteiger partial charge < -0.3 is 20.6 Å². The number of rotatable bonds is 8. The molecule has 1 saturated heterocycles. The number of thiazole rings is 1. The summed E-state index contributed by atoms with van der Waals surface area (Å²) in [5.74, 6) is -0.861. The summed E-state index contributed by atoms with van der Waals surface area (Å²) in [6.45, 7) is 11.5. The van der Waals surface area contributed by atoms with Crippen LogP contribution >= 0.6 is 11.3 Å². The fourth-order valence-corrected chi connectivity index (χ4v) is 5.29. The van der Waals surface area contributed by atoms with Gasteiger partial charge in [0.15, 0.2) is 0 Å². The van der Waals surface area contributed by atoms with Gasteiger partial charge in [-0.3, -0.25) is 14.4 Å². The first-order valence-corrected chi connectivity index (χ1v) is 13.4. The quantitative estimate of drug-likeness (QED) is 0.499. The number of β-amino-alcohol motifs (C(OH)–C–C–N with tert-alkyl or cyclic N) is 1. The molecule has 3 rings (SSSR count). The van der Waals surface area contributed by atoms with Gasteiger partial charge in [-0.15, -0.1) is 11.3 Å². The summed E-state index contributed by atoms with van der Waals surface area (Å²) in [6.07, 6.45) is 0.361. The molecule has 2 aromatic rings. The maximum atomic E-state index is 13.5. The summed E-state index contributed by atoms with van der Waals surface area (Å²) in [5, 5.41) is 16.2. The summed E-state index contributed by atoms with van der Waals surface area (Å²) in [7, 11) is 0. The summed E-state index contributed by atoms with van der Waals surface area (Å²) in [6, 6.07) is 6.10. The lowest BCUT2D eigenvalue weighted by molar-refractivity contribution is -0.144. The van der Waals surface area contributed by atoms with Crippen LogP contribution in [0.3, 0.4) is 0 Å². The summed E-state index contributed by atoms with van der Waals surface area (Å²) < 4.78 is 0. The molecule has 36 heavy (non-hydrogen) atoms. The van der Waals surface area contributed by atoms with Gasteiger partial charge in [-0.25, -0.2) is 4.98 Å². The van der Waals surface area contributed by atoms with Gasteiger partial charge in [0.25, 0.3) is 0 Å². The number of nitrogens with zero attached hydrogens (tertiary/aromatic N) is 2. The molecule has 0 saturated carbocycles. The Morgan fingerprint density at radius 1 is 1.19 bits per heavy atom. The topological polar surface area (TPSA) is 112 Å². The van der Waals surface area contributed by atoms with Crippen LogP contribution in [0.1, 0.15) is 71.2 Å². The van der Waals surface area contributed by atoms with Gasteiger partial charge in [0.1, 0.15) is 12.1 Å². The molecular formula is C27H38N4O4S. The van der Waals surface area contributed by atoms with Crippen LogP contribution in [-0.4, -0.2) is 57.4 Å². The average molecular weight is 515 g/mol. The van der Waals surface area contributed by atoms with E-state index in [0.29, 0.717) is 12.8 Å². The van der Waals surface area contributed by atoms with E-state index in [9.17, 15) is 19.5 Å². The number of aliphatic hydroxyl groups is 1. The molecule has 1 aliphatic rings. The Hall–Kier alpha value is -2.78. The molecule has 1 aromatic heterocycles. The SMILES string of the molecule is CCCC(=O)NC(C(=O)N1CC(O)CC1C(=O)NC(C)c1ccc(-c2scnc2C)cc1)C(C)(C)C. The van der Waals surface area contributed by atoms with Crippen LogP contribution in [-0.2, 0) is 14.4 Å². The van der Waals surface area contributed by atoms with E-state index >= 15 is 0 Å². The van der Waals surface area contributed by atoms with E-state index in [2.05, 4.69) is 15.6 Å². The van der Waals surface area contributed by atoms with Crippen molar-refractivity contribution in [3.8, 4) is 10.4 Å². The van der Waals surface area contributed by atoms with E-state index in [0.717, 1.165) is 21.7 Å². The van der Waals surface area contributed by atoms with Gasteiger partial charge >= 0.3 is 0 Å². The predicted molar refractivity (Wildman–Crippen MR) is 141 cm³/mol. The number of carbonyl (C=O) groups is 3. The van der Waals surface area contributed by atoms with Gasteiger partial charge in [-0.1, -0.05) is 52.0 Å². The fourth-order valence-electron chi connectivity index (χ4n) is 4.48. The number of carbonyl (C=O) groups excluding carboxylic acids is 3. The smallest absolute Gasteiger partial charge is 0.246 e. The number of likely N-dealkylation sites (tertiary alicyclic amines) is 1. The second-order valence-electron chi connectivity index (χ2n) is 10.6. The van der Waals surface area contributed by atoms with E-state index < -0.39 is 23.6 Å². The molecule has 0 aliphatic carbocycles. The predicted octanol–water partition coefficient (Wildman–Crippen LogP) is 3.59. The Balaban J connectivity index is 1.72. The van der Waals surface area contributed by atoms with E-state index in [1.165, 1.54) is 4.90 Å². The molecule has 3 N–H and O–H groups in total. The molecule has 0 radical (unpaired) electrons. The highest BCUT2D eigenvalue weighted by Crippen LogP contribution is 2.29. The minimum Gasteiger partial charge on any atom is -0.391 e. The van der Waals surface area contributed by atoms with E-state index in [1.54, 1.807) is 11.3 Å². The van der Waals surface area contributed by atoms with Crippen LogP contribution in [0.4, 0.5) is 0 Å². The molecule has 8 nitrogen and oxygen atoms in total. The Kier molecular flexibility index (Phi) is 8.89. The van der Waals surface area contributed by atoms with Crippen molar-refractivity contribution in [2.75, 3.05) is 6.54 Å². The molecule has 0 spiro atoms. The van der Waals surface area contributed by atoms with E-state index in [-0.39, 0.29) is 36.7 Å². The van der Waals surface area contributed by atoms with Crippen molar-refractivity contribution < 1.29 is 19.5 Å². The van der Waals surface area contributed by atoms with Crippen LogP contribution in [0.5, 0.6) is 0 Å². The maximum absolute atomic E-state index is 13.5. The fraction of sp³-hybridized carbons (Fsp3) is 0.556. The van der Waals surface area contributed by atoms with Gasteiger partial charge in [-0.2, -0.15) is 0 Å². The molecule has 2 heterocycles. The Morgan fingerprint density at radius 2 is 1.86 bits per heavy atom. The third-order valence-corrected chi connectivity index (χ3v) is 7.51. The Bertz CT molecular complexity index is 1080. The number of aliphatic hydroxyl groups excluding tert-OH is 1. The monoisotopic (exact) mass is 514 g/mol. The highest BCUT2D eigenvalue weighted by molar-refractivity contribution is 7.13. The largest absolute Gasteiger partial charge is 0.391 e. The van der Waals surface area contributed by atoms with Crippen LogP contribution in [0, 0.1) is 12.3 Å². The zero-order valence-electron chi connectivity index (χ0n) is 22.0. The normalized spacial score (nSPS) is 19.6. The molecule has 196 valence electrons. The van der Waals surface area contributed by atoms with Gasteiger partial charge in [0.05, 0.1) is 28.2 Å². The van der Waals surface area contributed by atoms with Gasteiger partial charge in [0.2, 0.25) is 17.7 Å². The summed E-state index contributed by atoms with van der Waals surface area (Å²) in [5.41, 5.74) is 4.26. The number of benzene rings is 1. The third-order valence-electron chi connectivity index (χ3n) is 6.54. The number of nitrogens with one attached hydrogen (secondary N) is 2. The number of aryl methyl sites for hydroxylation is 1. The van der Waals surface area contributed by atoms with Crippen molar-refractivity contribution in [2.45, 2.75) is 85.0 Å². The van der Waals surface area contributed by atoms with Crippen molar-refractivity contribution in [3.05, 3.63) is 41.0 Å². The maximum Gasteiger partial charge on any atom is 0.246 e. The van der Waals surface area contributed by atoms with Crippen LogP contribution < -0.4 is 10.6 Å². The molecule has 1 aliphatic heterocycles. The first kappa shape index (κ1) is 27.8. The number of hydrogen-bond acceptors (Lipinski definition) is 6. The van der Waals surface area contributed by atoms with Crippen LogP contribution in [0.2, 0.25) is 0 Å². The molecule has 0 bridgehead atoms. The van der Waals surface area contributed by atoms with Gasteiger partial charge in [0, 0.05) is 19.4 Å². The number of amides is 3. The Morgan fingerprint density at radius 3 is 2.42 bits per heavy atom. The minimum absolute atomic E-state index is 0.0599. The lowest BCUT2D eigenvalue weighted by atomic mass is 9.85. The lowest BCUT2D eigenvalue weighted by Crippen LogP contribution is -2.57. The van der Waals surface area contributed by atoms with Crippen LogP contribution in [0.15, 0.2) is 29.8 Å². The zero-order valence-corrected chi connectivity index (χ0v) is 22.8. The zero-order chi connectivity index (χ0) is 26.6. The van der Waals surface area contributed by atoms with Crippen molar-refractivity contribution in [1.82, 2.24) is 20.5 Å². The summed E-state index contributed by atoms with van der Waals surface area (Å²) >= 11 is 1.59. The molecule has 4 unspecified atom stereocenters. The van der Waals surface area contributed by atoms with Crippen molar-refractivity contribution in [2.24, 2.45) is 5.41 Å². The molecule has 1 fully saturated rings. The van der Waals surface area contributed by atoms with E-state index in [1.807, 2.05) is 71.3 Å². The van der Waals surface area contributed by atoms with Crippen molar-refractivity contribution in [1.29, 1.82) is 0 Å². The third kappa shape index (κ3) is 6.50. The first-order chi connectivity index (χ1) is 16.9. The summed E-state index contributed by atoms with van der Waals surface area (Å²) in [4.78, 5) is 46.0. The first-order valence-electron chi connectivity index (χ1n) is 12.5. The number of aromatic nitrogens is 1. The Labute approximate surface area is 217 Å². The molecular weight excluding hydrogens is 476 g/mol.